The number of rotatable bonds is 3. The summed E-state index contributed by atoms with van der Waals surface area (Å²) in [5.74, 6) is 0.629. The second-order valence-electron chi connectivity index (χ2n) is 4.67. The zero-order valence-electron chi connectivity index (χ0n) is 11.9. The lowest BCUT2D eigenvalue weighted by Crippen LogP contribution is -1.95. The van der Waals surface area contributed by atoms with Crippen LogP contribution in [0.4, 0.5) is 5.69 Å². The Balaban J connectivity index is 2.27. The Bertz CT molecular complexity index is 788. The van der Waals surface area contributed by atoms with Crippen LogP contribution in [0.5, 0.6) is 5.75 Å². The highest BCUT2D eigenvalue weighted by atomic mass is 35.5. The fourth-order valence-electron chi connectivity index (χ4n) is 2.35. The molecule has 0 unspecified atom stereocenters. The summed E-state index contributed by atoms with van der Waals surface area (Å²) >= 11 is 6.21. The maximum absolute atomic E-state index is 6.21. The first-order chi connectivity index (χ1) is 10.2. The number of pyridine rings is 1. The molecule has 21 heavy (non-hydrogen) atoms. The molecule has 0 spiro atoms. The third-order valence-electron chi connectivity index (χ3n) is 3.42. The second kappa shape index (κ2) is 5.62. The van der Waals surface area contributed by atoms with E-state index < -0.39 is 0 Å². The molecule has 3 nitrogen and oxygen atoms in total. The molecule has 0 aliphatic heterocycles. The fraction of sp³-hybridized carbons (Fsp3) is 0.118. The summed E-state index contributed by atoms with van der Waals surface area (Å²) < 4.78 is 5.28. The van der Waals surface area contributed by atoms with Crippen LogP contribution in [0.3, 0.4) is 0 Å². The highest BCUT2D eigenvalue weighted by Gasteiger charge is 2.10. The summed E-state index contributed by atoms with van der Waals surface area (Å²) in [6.45, 7) is 0. The Hall–Kier alpha value is -2.26. The van der Waals surface area contributed by atoms with Gasteiger partial charge in [0.15, 0.2) is 0 Å². The van der Waals surface area contributed by atoms with Gasteiger partial charge in [-0.3, -0.25) is 0 Å². The van der Waals surface area contributed by atoms with Crippen LogP contribution in [-0.2, 0) is 0 Å². The molecule has 106 valence electrons. The van der Waals surface area contributed by atoms with E-state index in [4.69, 9.17) is 21.3 Å². The first-order valence-electron chi connectivity index (χ1n) is 6.64. The predicted molar refractivity (Wildman–Crippen MR) is 88.3 cm³/mol. The van der Waals surface area contributed by atoms with Gasteiger partial charge in [-0.2, -0.15) is 0 Å². The standard InChI is InChI=1S/C17H15ClN2O/c1-19-15-9-14(11-6-4-3-5-7-11)20-16-10-17(21-2)13(18)8-12(15)16/h3-10H,1-2H3,(H,19,20). The van der Waals surface area contributed by atoms with Crippen molar-refractivity contribution in [1.82, 2.24) is 4.98 Å². The average Bonchev–Trinajstić information content (AvgIpc) is 2.54. The number of ether oxygens (including phenoxy) is 1. The summed E-state index contributed by atoms with van der Waals surface area (Å²) in [6.07, 6.45) is 0. The molecule has 1 heterocycles. The van der Waals surface area contributed by atoms with E-state index in [-0.39, 0.29) is 0 Å². The smallest absolute Gasteiger partial charge is 0.139 e. The third kappa shape index (κ3) is 2.52. The van der Waals surface area contributed by atoms with Crippen LogP contribution in [0.25, 0.3) is 22.2 Å². The van der Waals surface area contributed by atoms with Crippen LogP contribution in [0.1, 0.15) is 0 Å². The molecule has 0 aliphatic carbocycles. The minimum absolute atomic E-state index is 0.579. The van der Waals surface area contributed by atoms with E-state index in [1.165, 1.54) is 0 Å². The van der Waals surface area contributed by atoms with Gasteiger partial charge in [0.05, 0.1) is 23.3 Å². The van der Waals surface area contributed by atoms with Crippen molar-refractivity contribution in [2.45, 2.75) is 0 Å². The first-order valence-corrected chi connectivity index (χ1v) is 7.02. The number of benzene rings is 2. The molecule has 0 aliphatic rings. The average molecular weight is 299 g/mol. The van der Waals surface area contributed by atoms with E-state index in [2.05, 4.69) is 5.32 Å². The summed E-state index contributed by atoms with van der Waals surface area (Å²) in [7, 11) is 3.49. The van der Waals surface area contributed by atoms with Gasteiger partial charge in [0.2, 0.25) is 0 Å². The number of methoxy groups -OCH3 is 1. The number of nitrogens with one attached hydrogen (secondary N) is 1. The lowest BCUT2D eigenvalue weighted by atomic mass is 10.1. The van der Waals surface area contributed by atoms with Crippen molar-refractivity contribution in [3.05, 3.63) is 53.6 Å². The van der Waals surface area contributed by atoms with Crippen molar-refractivity contribution in [2.75, 3.05) is 19.5 Å². The number of halogens is 1. The summed E-state index contributed by atoms with van der Waals surface area (Å²) in [5.41, 5.74) is 3.83. The van der Waals surface area contributed by atoms with Gasteiger partial charge in [0, 0.05) is 29.8 Å². The van der Waals surface area contributed by atoms with Gasteiger partial charge >= 0.3 is 0 Å². The van der Waals surface area contributed by atoms with Gasteiger partial charge in [0.1, 0.15) is 5.75 Å². The van der Waals surface area contributed by atoms with Crippen LogP contribution in [0, 0.1) is 0 Å². The van der Waals surface area contributed by atoms with Gasteiger partial charge in [-0.25, -0.2) is 4.98 Å². The lowest BCUT2D eigenvalue weighted by molar-refractivity contribution is 0.415. The quantitative estimate of drug-likeness (QED) is 0.767. The molecular formula is C17H15ClN2O. The number of hydrogen-bond acceptors (Lipinski definition) is 3. The molecule has 0 amide bonds. The maximum atomic E-state index is 6.21. The van der Waals surface area contributed by atoms with Gasteiger partial charge in [-0.15, -0.1) is 0 Å². The molecule has 3 rings (SSSR count). The Morgan fingerprint density at radius 1 is 1.10 bits per heavy atom. The minimum atomic E-state index is 0.579. The molecule has 0 radical (unpaired) electrons. The van der Waals surface area contributed by atoms with E-state index in [1.807, 2.05) is 55.6 Å². The highest BCUT2D eigenvalue weighted by molar-refractivity contribution is 6.33. The molecular weight excluding hydrogens is 284 g/mol. The van der Waals surface area contributed by atoms with Crippen molar-refractivity contribution in [1.29, 1.82) is 0 Å². The fourth-order valence-corrected chi connectivity index (χ4v) is 2.59. The van der Waals surface area contributed by atoms with Gasteiger partial charge in [-0.1, -0.05) is 41.9 Å². The minimum Gasteiger partial charge on any atom is -0.495 e. The van der Waals surface area contributed by atoms with E-state index in [1.54, 1.807) is 7.11 Å². The topological polar surface area (TPSA) is 34.2 Å². The SMILES string of the molecule is CNc1cc(-c2ccccc2)nc2cc(OC)c(Cl)cc12. The lowest BCUT2D eigenvalue weighted by Gasteiger charge is -2.11. The molecule has 3 aromatic rings. The van der Waals surface area contributed by atoms with E-state index in [0.29, 0.717) is 10.8 Å². The van der Waals surface area contributed by atoms with Crippen LogP contribution in [0.15, 0.2) is 48.5 Å². The second-order valence-corrected chi connectivity index (χ2v) is 5.08. The molecule has 1 aromatic heterocycles. The van der Waals surface area contributed by atoms with Crippen LogP contribution in [-0.4, -0.2) is 19.1 Å². The van der Waals surface area contributed by atoms with E-state index in [0.717, 1.165) is 27.8 Å². The van der Waals surface area contributed by atoms with Crippen molar-refractivity contribution >= 4 is 28.2 Å². The maximum Gasteiger partial charge on any atom is 0.139 e. The molecule has 1 N–H and O–H groups in total. The van der Waals surface area contributed by atoms with Crippen molar-refractivity contribution in [3.8, 4) is 17.0 Å². The van der Waals surface area contributed by atoms with E-state index in [9.17, 15) is 0 Å². The normalized spacial score (nSPS) is 10.6. The predicted octanol–water partition coefficient (Wildman–Crippen LogP) is 4.61. The Labute approximate surface area is 128 Å². The number of hydrogen-bond donors (Lipinski definition) is 1. The van der Waals surface area contributed by atoms with Crippen molar-refractivity contribution in [3.63, 3.8) is 0 Å². The monoisotopic (exact) mass is 298 g/mol. The number of aromatic nitrogens is 1. The summed E-state index contributed by atoms with van der Waals surface area (Å²) in [4.78, 5) is 4.73. The molecule has 4 heteroatoms. The molecule has 0 saturated carbocycles. The Morgan fingerprint density at radius 2 is 1.86 bits per heavy atom. The third-order valence-corrected chi connectivity index (χ3v) is 3.72. The number of anilines is 1. The van der Waals surface area contributed by atoms with Gasteiger partial charge < -0.3 is 10.1 Å². The summed E-state index contributed by atoms with van der Waals surface area (Å²) in [6, 6.07) is 15.9. The van der Waals surface area contributed by atoms with Crippen LogP contribution >= 0.6 is 11.6 Å². The zero-order chi connectivity index (χ0) is 14.8. The van der Waals surface area contributed by atoms with Crippen LogP contribution < -0.4 is 10.1 Å². The largest absolute Gasteiger partial charge is 0.495 e. The molecule has 2 aromatic carbocycles. The highest BCUT2D eigenvalue weighted by Crippen LogP contribution is 2.34. The molecule has 0 saturated heterocycles. The molecule has 0 bridgehead atoms. The molecule has 0 fully saturated rings. The van der Waals surface area contributed by atoms with Gasteiger partial charge in [-0.05, 0) is 12.1 Å². The first kappa shape index (κ1) is 13.7. The Kier molecular flexibility index (Phi) is 3.67. The summed E-state index contributed by atoms with van der Waals surface area (Å²) in [5, 5.41) is 4.76. The van der Waals surface area contributed by atoms with Gasteiger partial charge in [0.25, 0.3) is 0 Å². The zero-order valence-corrected chi connectivity index (χ0v) is 12.6. The van der Waals surface area contributed by atoms with Crippen molar-refractivity contribution < 1.29 is 4.74 Å². The number of nitrogens with zero attached hydrogens (tertiary/aromatic N) is 1. The molecule has 0 atom stereocenters. The van der Waals surface area contributed by atoms with Crippen molar-refractivity contribution in [2.24, 2.45) is 0 Å². The Morgan fingerprint density at radius 3 is 2.52 bits per heavy atom. The van der Waals surface area contributed by atoms with Crippen LogP contribution in [0.2, 0.25) is 5.02 Å². The van der Waals surface area contributed by atoms with E-state index >= 15 is 0 Å². The number of fused-ring (bicyclic) bond motifs is 1.